The molecule has 0 N–H and O–H groups in total. The molecule has 3 aromatic rings. The molecule has 0 saturated heterocycles. The van der Waals surface area contributed by atoms with E-state index in [4.69, 9.17) is 16.9 Å². The van der Waals surface area contributed by atoms with E-state index in [-0.39, 0.29) is 5.15 Å². The van der Waals surface area contributed by atoms with Gasteiger partial charge in [0.25, 0.3) is 0 Å². The first-order valence-corrected chi connectivity index (χ1v) is 5.99. The monoisotopic (exact) mass is 269 g/mol. The molecular weight excluding hydrogens is 262 g/mol. The summed E-state index contributed by atoms with van der Waals surface area (Å²) in [5, 5.41) is 21.1. The lowest BCUT2D eigenvalue weighted by Crippen LogP contribution is -2.00. The Balaban J connectivity index is 2.15. The fraction of sp³-hybridized carbons (Fsp3) is 0.0769. The fourth-order valence-electron chi connectivity index (χ4n) is 2.00. The number of rotatable bonds is 2. The maximum absolute atomic E-state index is 9.14. The average molecular weight is 270 g/mol. The number of halogens is 1. The molecule has 0 aliphatic heterocycles. The normalized spacial score (nSPS) is 10.5. The van der Waals surface area contributed by atoms with Gasteiger partial charge in [0.05, 0.1) is 10.9 Å². The second kappa shape index (κ2) is 4.67. The second-order valence-corrected chi connectivity index (χ2v) is 4.40. The highest BCUT2D eigenvalue weighted by Gasteiger charge is 2.14. The summed E-state index contributed by atoms with van der Waals surface area (Å²) in [4.78, 5) is 0. The Morgan fingerprint density at radius 1 is 1.21 bits per heavy atom. The van der Waals surface area contributed by atoms with Crippen molar-refractivity contribution in [2.75, 3.05) is 0 Å². The SMILES string of the molecule is N#Cc1cn(Cc2ccccc2)c2nnnc(Cl)c12. The molecule has 0 bridgehead atoms. The smallest absolute Gasteiger partial charge is 0.169 e. The molecule has 0 saturated carbocycles. The van der Waals surface area contributed by atoms with Gasteiger partial charge in [0, 0.05) is 12.7 Å². The van der Waals surface area contributed by atoms with Crippen LogP contribution in [-0.2, 0) is 6.54 Å². The lowest BCUT2D eigenvalue weighted by molar-refractivity contribution is 0.794. The first-order valence-electron chi connectivity index (χ1n) is 5.61. The van der Waals surface area contributed by atoms with Gasteiger partial charge in [-0.25, -0.2) is 0 Å². The van der Waals surface area contributed by atoms with E-state index in [1.54, 1.807) is 6.20 Å². The minimum atomic E-state index is 0.202. The van der Waals surface area contributed by atoms with Gasteiger partial charge in [-0.05, 0) is 10.8 Å². The van der Waals surface area contributed by atoms with Crippen LogP contribution in [0.15, 0.2) is 36.5 Å². The van der Waals surface area contributed by atoms with Crippen LogP contribution in [0.4, 0.5) is 0 Å². The van der Waals surface area contributed by atoms with Crippen LogP contribution < -0.4 is 0 Å². The van der Waals surface area contributed by atoms with Crippen molar-refractivity contribution in [2.24, 2.45) is 0 Å². The Bertz CT molecular complexity index is 773. The van der Waals surface area contributed by atoms with Gasteiger partial charge in [-0.2, -0.15) is 5.26 Å². The predicted octanol–water partition coefficient (Wildman–Crippen LogP) is 2.40. The third-order valence-corrected chi connectivity index (χ3v) is 3.11. The van der Waals surface area contributed by atoms with Gasteiger partial charge < -0.3 is 4.57 Å². The molecule has 0 radical (unpaired) electrons. The average Bonchev–Trinajstić information content (AvgIpc) is 2.80. The molecule has 0 amide bonds. The number of nitriles is 1. The Kier molecular flexibility index (Phi) is 2.86. The first-order chi connectivity index (χ1) is 9.29. The molecule has 2 aromatic heterocycles. The van der Waals surface area contributed by atoms with Gasteiger partial charge in [-0.3, -0.25) is 0 Å². The van der Waals surface area contributed by atoms with E-state index in [0.29, 0.717) is 23.1 Å². The van der Waals surface area contributed by atoms with Crippen LogP contribution in [0.1, 0.15) is 11.1 Å². The number of benzene rings is 1. The number of hydrogen-bond donors (Lipinski definition) is 0. The molecule has 2 heterocycles. The van der Waals surface area contributed by atoms with Crippen LogP contribution in [-0.4, -0.2) is 20.0 Å². The van der Waals surface area contributed by atoms with Crippen molar-refractivity contribution < 1.29 is 0 Å². The van der Waals surface area contributed by atoms with Crippen molar-refractivity contribution in [3.05, 3.63) is 52.8 Å². The molecule has 0 aliphatic carbocycles. The van der Waals surface area contributed by atoms with Gasteiger partial charge in [0.15, 0.2) is 10.8 Å². The third kappa shape index (κ3) is 2.02. The highest BCUT2D eigenvalue weighted by atomic mass is 35.5. The second-order valence-electron chi connectivity index (χ2n) is 4.05. The standard InChI is InChI=1S/C13H8ClN5/c14-12-11-10(6-15)8-19(13(11)17-18-16-12)7-9-4-2-1-3-5-9/h1-5,8H,7H2. The van der Waals surface area contributed by atoms with E-state index in [9.17, 15) is 0 Å². The Labute approximate surface area is 114 Å². The number of aromatic nitrogens is 4. The van der Waals surface area contributed by atoms with Crippen molar-refractivity contribution in [3.8, 4) is 6.07 Å². The molecule has 19 heavy (non-hydrogen) atoms. The summed E-state index contributed by atoms with van der Waals surface area (Å²) in [5.41, 5.74) is 2.14. The summed E-state index contributed by atoms with van der Waals surface area (Å²) >= 11 is 5.98. The topological polar surface area (TPSA) is 67.4 Å². The molecule has 0 aliphatic rings. The summed E-state index contributed by atoms with van der Waals surface area (Å²) in [6.45, 7) is 0.605. The van der Waals surface area contributed by atoms with Gasteiger partial charge in [0.1, 0.15) is 6.07 Å². The van der Waals surface area contributed by atoms with Crippen molar-refractivity contribution in [1.82, 2.24) is 20.0 Å². The quantitative estimate of drug-likeness (QED) is 0.716. The van der Waals surface area contributed by atoms with E-state index < -0.39 is 0 Å². The van der Waals surface area contributed by atoms with Crippen LogP contribution in [0, 0.1) is 11.3 Å². The van der Waals surface area contributed by atoms with E-state index in [2.05, 4.69) is 21.5 Å². The zero-order chi connectivity index (χ0) is 13.2. The lowest BCUT2D eigenvalue weighted by atomic mass is 10.2. The minimum absolute atomic E-state index is 0.202. The Morgan fingerprint density at radius 2 is 2.00 bits per heavy atom. The summed E-state index contributed by atoms with van der Waals surface area (Å²) < 4.78 is 1.85. The predicted molar refractivity (Wildman–Crippen MR) is 70.6 cm³/mol. The maximum atomic E-state index is 9.14. The Morgan fingerprint density at radius 3 is 2.74 bits per heavy atom. The third-order valence-electron chi connectivity index (χ3n) is 2.84. The molecule has 0 spiro atoms. The van der Waals surface area contributed by atoms with Crippen molar-refractivity contribution >= 4 is 22.6 Å². The molecule has 5 nitrogen and oxygen atoms in total. The molecular formula is C13H8ClN5. The van der Waals surface area contributed by atoms with Crippen LogP contribution in [0.5, 0.6) is 0 Å². The van der Waals surface area contributed by atoms with Crippen LogP contribution in [0.2, 0.25) is 5.15 Å². The lowest BCUT2D eigenvalue weighted by Gasteiger charge is -2.03. The number of hydrogen-bond acceptors (Lipinski definition) is 4. The van der Waals surface area contributed by atoms with Crippen molar-refractivity contribution in [2.45, 2.75) is 6.54 Å². The Hall–Kier alpha value is -2.45. The van der Waals surface area contributed by atoms with Crippen molar-refractivity contribution in [1.29, 1.82) is 5.26 Å². The van der Waals surface area contributed by atoms with E-state index >= 15 is 0 Å². The van der Waals surface area contributed by atoms with Crippen LogP contribution >= 0.6 is 11.6 Å². The molecule has 6 heteroatoms. The zero-order valence-electron chi connectivity index (χ0n) is 9.79. The van der Waals surface area contributed by atoms with Crippen LogP contribution in [0.3, 0.4) is 0 Å². The van der Waals surface area contributed by atoms with E-state index in [1.807, 2.05) is 34.9 Å². The summed E-state index contributed by atoms with van der Waals surface area (Å²) in [6, 6.07) is 12.0. The van der Waals surface area contributed by atoms with Gasteiger partial charge in [-0.1, -0.05) is 41.9 Å². The molecule has 0 atom stereocenters. The molecule has 92 valence electrons. The van der Waals surface area contributed by atoms with Gasteiger partial charge >= 0.3 is 0 Å². The molecule has 0 unspecified atom stereocenters. The van der Waals surface area contributed by atoms with Crippen molar-refractivity contribution in [3.63, 3.8) is 0 Å². The van der Waals surface area contributed by atoms with E-state index in [0.717, 1.165) is 5.56 Å². The summed E-state index contributed by atoms with van der Waals surface area (Å²) in [7, 11) is 0. The largest absolute Gasteiger partial charge is 0.325 e. The van der Waals surface area contributed by atoms with Gasteiger partial charge in [-0.15, -0.1) is 10.2 Å². The molecule has 1 aromatic carbocycles. The molecule has 0 fully saturated rings. The molecule has 3 rings (SSSR count). The fourth-order valence-corrected chi connectivity index (χ4v) is 2.22. The maximum Gasteiger partial charge on any atom is 0.169 e. The highest BCUT2D eigenvalue weighted by molar-refractivity contribution is 6.34. The highest BCUT2D eigenvalue weighted by Crippen LogP contribution is 2.24. The number of fused-ring (bicyclic) bond motifs is 1. The summed E-state index contributed by atoms with van der Waals surface area (Å²) in [6.07, 6.45) is 1.72. The zero-order valence-corrected chi connectivity index (χ0v) is 10.5. The van der Waals surface area contributed by atoms with Gasteiger partial charge in [0.2, 0.25) is 0 Å². The van der Waals surface area contributed by atoms with Crippen LogP contribution in [0.25, 0.3) is 11.0 Å². The minimum Gasteiger partial charge on any atom is -0.325 e. The number of nitrogens with zero attached hydrogens (tertiary/aromatic N) is 5. The first kappa shape index (κ1) is 11.6. The van der Waals surface area contributed by atoms with E-state index in [1.165, 1.54) is 0 Å². The summed E-state index contributed by atoms with van der Waals surface area (Å²) in [5.74, 6) is 0.